The standard InChI is InChI=1S/C13H8Cl3N3O/c14-8-4-10(15)12(11(16)5-8)20-7-9-6-19-3-1-2-17-13(19)18-9/h1-6H,7H2. The van der Waals surface area contributed by atoms with Gasteiger partial charge in [0.2, 0.25) is 5.78 Å². The van der Waals surface area contributed by atoms with E-state index in [-0.39, 0.29) is 6.61 Å². The lowest BCUT2D eigenvalue weighted by Crippen LogP contribution is -1.97. The van der Waals surface area contributed by atoms with E-state index in [4.69, 9.17) is 39.5 Å². The van der Waals surface area contributed by atoms with Crippen molar-refractivity contribution in [1.82, 2.24) is 14.4 Å². The van der Waals surface area contributed by atoms with Gasteiger partial charge in [-0.1, -0.05) is 34.8 Å². The molecule has 0 spiro atoms. The van der Waals surface area contributed by atoms with E-state index in [1.165, 1.54) is 0 Å². The minimum absolute atomic E-state index is 0.241. The summed E-state index contributed by atoms with van der Waals surface area (Å²) in [5.74, 6) is 1.00. The van der Waals surface area contributed by atoms with Crippen molar-refractivity contribution < 1.29 is 4.74 Å². The molecule has 3 rings (SSSR count). The SMILES string of the molecule is Clc1cc(Cl)c(OCc2cn3cccnc3n2)c(Cl)c1. The highest BCUT2D eigenvalue weighted by Crippen LogP contribution is 2.36. The molecule has 3 aromatic rings. The fraction of sp³-hybridized carbons (Fsp3) is 0.0769. The summed E-state index contributed by atoms with van der Waals surface area (Å²) in [4.78, 5) is 8.45. The van der Waals surface area contributed by atoms with Gasteiger partial charge in [0.1, 0.15) is 6.61 Å². The fourth-order valence-corrected chi connectivity index (χ4v) is 2.69. The summed E-state index contributed by atoms with van der Waals surface area (Å²) < 4.78 is 7.42. The van der Waals surface area contributed by atoms with E-state index in [9.17, 15) is 0 Å². The third kappa shape index (κ3) is 2.68. The van der Waals surface area contributed by atoms with Crippen molar-refractivity contribution in [2.24, 2.45) is 0 Å². The van der Waals surface area contributed by atoms with E-state index in [0.29, 0.717) is 26.6 Å². The largest absolute Gasteiger partial charge is 0.484 e. The third-order valence-corrected chi connectivity index (χ3v) is 3.39. The minimum Gasteiger partial charge on any atom is -0.484 e. The fourth-order valence-electron chi connectivity index (χ4n) is 1.76. The lowest BCUT2D eigenvalue weighted by atomic mass is 10.3. The van der Waals surface area contributed by atoms with Gasteiger partial charge in [0, 0.05) is 23.6 Å². The average molecular weight is 329 g/mol. The summed E-state index contributed by atoms with van der Waals surface area (Å²) in [6.45, 7) is 0.241. The second-order valence-corrected chi connectivity index (χ2v) is 5.30. The van der Waals surface area contributed by atoms with Gasteiger partial charge in [-0.3, -0.25) is 4.40 Å². The molecule has 0 unspecified atom stereocenters. The molecule has 4 nitrogen and oxygen atoms in total. The van der Waals surface area contributed by atoms with Crippen molar-refractivity contribution in [3.63, 3.8) is 0 Å². The van der Waals surface area contributed by atoms with Crippen molar-refractivity contribution in [1.29, 1.82) is 0 Å². The van der Waals surface area contributed by atoms with Crippen LogP contribution in [0.1, 0.15) is 5.69 Å². The molecule has 7 heteroatoms. The van der Waals surface area contributed by atoms with Gasteiger partial charge in [-0.2, -0.15) is 0 Å². The Hall–Kier alpha value is -1.49. The molecule has 2 aromatic heterocycles. The Kier molecular flexibility index (Phi) is 3.70. The lowest BCUT2D eigenvalue weighted by Gasteiger charge is -2.08. The molecule has 102 valence electrons. The predicted octanol–water partition coefficient (Wildman–Crippen LogP) is 4.27. The zero-order chi connectivity index (χ0) is 14.1. The smallest absolute Gasteiger partial charge is 0.234 e. The van der Waals surface area contributed by atoms with Crippen LogP contribution in [0.5, 0.6) is 5.75 Å². The first kappa shape index (κ1) is 13.5. The number of rotatable bonds is 3. The summed E-state index contributed by atoms with van der Waals surface area (Å²) in [5.41, 5.74) is 0.728. The number of halogens is 3. The van der Waals surface area contributed by atoms with Gasteiger partial charge in [0.25, 0.3) is 0 Å². The van der Waals surface area contributed by atoms with Crippen LogP contribution in [0.3, 0.4) is 0 Å². The van der Waals surface area contributed by atoms with E-state index >= 15 is 0 Å². The van der Waals surface area contributed by atoms with Crippen LogP contribution in [0.15, 0.2) is 36.8 Å². The van der Waals surface area contributed by atoms with E-state index in [0.717, 1.165) is 5.69 Å². The monoisotopic (exact) mass is 327 g/mol. The molecule has 0 aliphatic carbocycles. The van der Waals surface area contributed by atoms with Crippen LogP contribution in [-0.2, 0) is 6.61 Å². The molecule has 0 radical (unpaired) electrons. The van der Waals surface area contributed by atoms with Crippen molar-refractivity contribution in [3.8, 4) is 5.75 Å². The maximum atomic E-state index is 6.05. The number of fused-ring (bicyclic) bond motifs is 1. The van der Waals surface area contributed by atoms with E-state index in [2.05, 4.69) is 9.97 Å². The first-order valence-electron chi connectivity index (χ1n) is 5.69. The molecule has 2 heterocycles. The van der Waals surface area contributed by atoms with Gasteiger partial charge in [-0.25, -0.2) is 9.97 Å². The Morgan fingerprint density at radius 1 is 1.15 bits per heavy atom. The average Bonchev–Trinajstić information content (AvgIpc) is 2.80. The molecule has 0 aliphatic rings. The number of imidazole rings is 1. The minimum atomic E-state index is 0.241. The van der Waals surface area contributed by atoms with E-state index < -0.39 is 0 Å². The first-order valence-corrected chi connectivity index (χ1v) is 6.83. The van der Waals surface area contributed by atoms with E-state index in [1.807, 2.05) is 22.9 Å². The Bertz CT molecular complexity index is 716. The summed E-state index contributed by atoms with van der Waals surface area (Å²) in [7, 11) is 0. The molecule has 0 saturated heterocycles. The predicted molar refractivity (Wildman–Crippen MR) is 78.8 cm³/mol. The highest BCUT2D eigenvalue weighted by atomic mass is 35.5. The van der Waals surface area contributed by atoms with Crippen LogP contribution in [0, 0.1) is 0 Å². The highest BCUT2D eigenvalue weighted by Gasteiger charge is 2.10. The maximum Gasteiger partial charge on any atom is 0.234 e. The zero-order valence-electron chi connectivity index (χ0n) is 10.1. The topological polar surface area (TPSA) is 39.4 Å². The Morgan fingerprint density at radius 2 is 1.90 bits per heavy atom. The summed E-state index contributed by atoms with van der Waals surface area (Å²) in [5, 5.41) is 1.19. The second-order valence-electron chi connectivity index (χ2n) is 4.05. The normalized spacial score (nSPS) is 10.9. The van der Waals surface area contributed by atoms with Gasteiger partial charge in [0.15, 0.2) is 5.75 Å². The number of nitrogens with zero attached hydrogens (tertiary/aromatic N) is 3. The quantitative estimate of drug-likeness (QED) is 0.721. The molecule has 0 amide bonds. The van der Waals surface area contributed by atoms with Crippen LogP contribution < -0.4 is 4.74 Å². The Labute approximate surface area is 129 Å². The number of hydrogen-bond donors (Lipinski definition) is 0. The van der Waals surface area contributed by atoms with E-state index in [1.54, 1.807) is 18.3 Å². The van der Waals surface area contributed by atoms with Crippen molar-refractivity contribution >= 4 is 40.6 Å². The van der Waals surface area contributed by atoms with Crippen LogP contribution >= 0.6 is 34.8 Å². The number of hydrogen-bond acceptors (Lipinski definition) is 3. The van der Waals surface area contributed by atoms with Gasteiger partial charge in [-0.05, 0) is 18.2 Å². The van der Waals surface area contributed by atoms with Crippen molar-refractivity contribution in [2.45, 2.75) is 6.61 Å². The second kappa shape index (κ2) is 5.48. The number of aromatic nitrogens is 3. The van der Waals surface area contributed by atoms with Crippen LogP contribution in [0.4, 0.5) is 0 Å². The molecule has 1 aromatic carbocycles. The van der Waals surface area contributed by atoms with Gasteiger partial charge in [-0.15, -0.1) is 0 Å². The molecule has 0 bridgehead atoms. The summed E-state index contributed by atoms with van der Waals surface area (Å²) >= 11 is 17.9. The zero-order valence-corrected chi connectivity index (χ0v) is 12.3. The lowest BCUT2D eigenvalue weighted by molar-refractivity contribution is 0.302. The molecule has 0 fully saturated rings. The van der Waals surface area contributed by atoms with Crippen LogP contribution in [-0.4, -0.2) is 14.4 Å². The Morgan fingerprint density at radius 3 is 2.60 bits per heavy atom. The molecule has 0 aliphatic heterocycles. The first-order chi connectivity index (χ1) is 9.63. The van der Waals surface area contributed by atoms with Gasteiger partial charge < -0.3 is 4.74 Å². The number of ether oxygens (including phenoxy) is 1. The molecule has 0 N–H and O–H groups in total. The van der Waals surface area contributed by atoms with Gasteiger partial charge >= 0.3 is 0 Å². The van der Waals surface area contributed by atoms with Crippen molar-refractivity contribution in [3.05, 3.63) is 57.6 Å². The molecule has 0 saturated carbocycles. The molecule has 20 heavy (non-hydrogen) atoms. The number of benzene rings is 1. The third-order valence-electron chi connectivity index (χ3n) is 2.61. The highest BCUT2D eigenvalue weighted by molar-refractivity contribution is 6.40. The van der Waals surface area contributed by atoms with Gasteiger partial charge in [0.05, 0.1) is 15.7 Å². The van der Waals surface area contributed by atoms with Crippen LogP contribution in [0.2, 0.25) is 15.1 Å². The Balaban J connectivity index is 1.83. The van der Waals surface area contributed by atoms with Crippen molar-refractivity contribution in [2.75, 3.05) is 0 Å². The summed E-state index contributed by atoms with van der Waals surface area (Å²) in [6.07, 6.45) is 5.38. The van der Waals surface area contributed by atoms with Crippen LogP contribution in [0.25, 0.3) is 5.78 Å². The maximum absolute atomic E-state index is 6.05. The molecular formula is C13H8Cl3N3O. The molecular weight excluding hydrogens is 321 g/mol. The summed E-state index contributed by atoms with van der Waals surface area (Å²) in [6, 6.07) is 4.98. The molecule has 0 atom stereocenters.